The highest BCUT2D eigenvalue weighted by molar-refractivity contribution is 5.71. The van der Waals surface area contributed by atoms with Gasteiger partial charge in [0.25, 0.3) is 0 Å². The van der Waals surface area contributed by atoms with Crippen LogP contribution in [0.5, 0.6) is 5.75 Å². The minimum absolute atomic E-state index is 0.316. The number of aliphatic carboxylic acids is 1. The molecule has 0 unspecified atom stereocenters. The van der Waals surface area contributed by atoms with E-state index in [0.717, 1.165) is 11.3 Å². The summed E-state index contributed by atoms with van der Waals surface area (Å²) < 4.78 is 5.00. The van der Waals surface area contributed by atoms with E-state index in [-0.39, 0.29) is 0 Å². The van der Waals surface area contributed by atoms with Crippen molar-refractivity contribution in [2.45, 2.75) is 19.4 Å². The first-order valence-corrected chi connectivity index (χ1v) is 5.08. The monoisotopic (exact) mass is 224 g/mol. The van der Waals surface area contributed by atoms with Gasteiger partial charge in [-0.3, -0.25) is 4.79 Å². The lowest BCUT2D eigenvalue weighted by atomic mass is 9.95. The molecule has 0 bridgehead atoms. The van der Waals surface area contributed by atoms with Crippen molar-refractivity contribution in [3.05, 3.63) is 29.8 Å². The lowest BCUT2D eigenvalue weighted by Crippen LogP contribution is -2.27. The van der Waals surface area contributed by atoms with Gasteiger partial charge < -0.3 is 14.9 Å². The topological polar surface area (TPSA) is 66.8 Å². The van der Waals surface area contributed by atoms with E-state index in [2.05, 4.69) is 0 Å². The maximum absolute atomic E-state index is 10.9. The summed E-state index contributed by atoms with van der Waals surface area (Å²) in [5, 5.41) is 18.3. The van der Waals surface area contributed by atoms with Crippen molar-refractivity contribution in [3.63, 3.8) is 0 Å². The molecule has 88 valence electrons. The zero-order valence-electron chi connectivity index (χ0n) is 9.38. The number of benzene rings is 1. The second-order valence-corrected chi connectivity index (χ2v) is 3.74. The number of carbonyl (C=O) groups is 1. The normalized spacial score (nSPS) is 14.2. The Morgan fingerprint density at radius 2 is 1.94 bits per heavy atom. The number of rotatable bonds is 5. The van der Waals surface area contributed by atoms with Crippen molar-refractivity contribution < 1.29 is 19.7 Å². The number of aliphatic hydroxyl groups excluding tert-OH is 1. The summed E-state index contributed by atoms with van der Waals surface area (Å²) in [7, 11) is 1.57. The molecule has 0 saturated heterocycles. The molecule has 0 spiro atoms. The number of carboxylic acid groups (broad SMARTS) is 1. The fraction of sp³-hybridized carbons (Fsp3) is 0.417. The first-order chi connectivity index (χ1) is 7.54. The van der Waals surface area contributed by atoms with Crippen LogP contribution in [0.15, 0.2) is 24.3 Å². The zero-order valence-corrected chi connectivity index (χ0v) is 9.38. The molecule has 2 atom stereocenters. The van der Waals surface area contributed by atoms with Gasteiger partial charge in [0, 0.05) is 0 Å². The predicted octanol–water partition coefficient (Wildman–Crippen LogP) is 1.32. The molecule has 16 heavy (non-hydrogen) atoms. The molecule has 0 saturated carbocycles. The van der Waals surface area contributed by atoms with Gasteiger partial charge in [0.2, 0.25) is 0 Å². The van der Waals surface area contributed by atoms with Crippen LogP contribution in [0.1, 0.15) is 12.5 Å². The summed E-state index contributed by atoms with van der Waals surface area (Å²) in [6.07, 6.45) is -0.545. The molecule has 0 heterocycles. The zero-order chi connectivity index (χ0) is 12.1. The van der Waals surface area contributed by atoms with Gasteiger partial charge in [-0.25, -0.2) is 0 Å². The van der Waals surface area contributed by atoms with Crippen molar-refractivity contribution >= 4 is 5.97 Å². The van der Waals surface area contributed by atoms with E-state index < -0.39 is 18.0 Å². The van der Waals surface area contributed by atoms with Crippen LogP contribution < -0.4 is 4.74 Å². The Morgan fingerprint density at radius 3 is 2.31 bits per heavy atom. The predicted molar refractivity (Wildman–Crippen MR) is 59.5 cm³/mol. The highest BCUT2D eigenvalue weighted by atomic mass is 16.5. The van der Waals surface area contributed by atoms with E-state index in [4.69, 9.17) is 9.84 Å². The smallest absolute Gasteiger partial charge is 0.309 e. The third kappa shape index (κ3) is 3.24. The lowest BCUT2D eigenvalue weighted by Gasteiger charge is -2.15. The molecule has 0 aromatic heterocycles. The Kier molecular flexibility index (Phi) is 4.31. The maximum atomic E-state index is 10.9. The number of hydrogen-bond donors (Lipinski definition) is 2. The Bertz CT molecular complexity index is 343. The SMILES string of the molecule is COc1ccc(C[C@H](C(=O)O)[C@H](C)O)cc1. The molecule has 0 radical (unpaired) electrons. The first-order valence-electron chi connectivity index (χ1n) is 5.08. The Labute approximate surface area is 94.5 Å². The second kappa shape index (κ2) is 5.51. The van der Waals surface area contributed by atoms with Crippen LogP contribution in [-0.2, 0) is 11.2 Å². The highest BCUT2D eigenvalue weighted by Gasteiger charge is 2.23. The van der Waals surface area contributed by atoms with Crippen molar-refractivity contribution in [3.8, 4) is 5.75 Å². The van der Waals surface area contributed by atoms with E-state index in [1.165, 1.54) is 6.92 Å². The van der Waals surface area contributed by atoms with Crippen LogP contribution in [0.4, 0.5) is 0 Å². The summed E-state index contributed by atoms with van der Waals surface area (Å²) in [5.41, 5.74) is 0.870. The van der Waals surface area contributed by atoms with Crippen LogP contribution in [-0.4, -0.2) is 29.4 Å². The van der Waals surface area contributed by atoms with Crippen molar-refractivity contribution in [2.75, 3.05) is 7.11 Å². The number of ether oxygens (including phenoxy) is 1. The average molecular weight is 224 g/mol. The fourth-order valence-corrected chi connectivity index (χ4v) is 1.48. The fourth-order valence-electron chi connectivity index (χ4n) is 1.48. The molecular formula is C12H16O4. The van der Waals surface area contributed by atoms with Crippen molar-refractivity contribution in [1.29, 1.82) is 0 Å². The van der Waals surface area contributed by atoms with Crippen LogP contribution in [0.3, 0.4) is 0 Å². The lowest BCUT2D eigenvalue weighted by molar-refractivity contribution is -0.145. The van der Waals surface area contributed by atoms with Crippen LogP contribution in [0, 0.1) is 5.92 Å². The highest BCUT2D eigenvalue weighted by Crippen LogP contribution is 2.16. The van der Waals surface area contributed by atoms with Gasteiger partial charge in [-0.05, 0) is 31.0 Å². The molecule has 1 aromatic rings. The molecule has 1 aromatic carbocycles. The molecule has 1 rings (SSSR count). The maximum Gasteiger partial charge on any atom is 0.309 e. The number of aliphatic hydroxyl groups is 1. The molecule has 0 aliphatic rings. The number of carboxylic acids is 1. The van der Waals surface area contributed by atoms with E-state index in [1.54, 1.807) is 31.4 Å². The molecule has 2 N–H and O–H groups in total. The molecule has 0 fully saturated rings. The number of hydrogen-bond acceptors (Lipinski definition) is 3. The van der Waals surface area contributed by atoms with Crippen LogP contribution in [0.2, 0.25) is 0 Å². The minimum atomic E-state index is -0.981. The van der Waals surface area contributed by atoms with E-state index >= 15 is 0 Å². The molecule has 0 aliphatic heterocycles. The molecule has 0 aliphatic carbocycles. The van der Waals surface area contributed by atoms with E-state index in [9.17, 15) is 9.90 Å². The third-order valence-electron chi connectivity index (χ3n) is 2.51. The van der Waals surface area contributed by atoms with Crippen LogP contribution >= 0.6 is 0 Å². The van der Waals surface area contributed by atoms with Crippen molar-refractivity contribution in [1.82, 2.24) is 0 Å². The van der Waals surface area contributed by atoms with Gasteiger partial charge in [-0.1, -0.05) is 12.1 Å². The van der Waals surface area contributed by atoms with E-state index in [0.29, 0.717) is 6.42 Å². The Morgan fingerprint density at radius 1 is 1.38 bits per heavy atom. The van der Waals surface area contributed by atoms with Crippen molar-refractivity contribution in [2.24, 2.45) is 5.92 Å². The summed E-state index contributed by atoms with van der Waals surface area (Å²) in [6, 6.07) is 7.15. The number of methoxy groups -OCH3 is 1. The average Bonchev–Trinajstić information content (AvgIpc) is 2.25. The third-order valence-corrected chi connectivity index (χ3v) is 2.51. The molecular weight excluding hydrogens is 208 g/mol. The van der Waals surface area contributed by atoms with Gasteiger partial charge in [0.15, 0.2) is 0 Å². The quantitative estimate of drug-likeness (QED) is 0.791. The molecule has 0 amide bonds. The summed E-state index contributed by atoms with van der Waals surface area (Å²) in [6.45, 7) is 1.49. The molecule has 4 heteroatoms. The van der Waals surface area contributed by atoms with Gasteiger partial charge >= 0.3 is 5.97 Å². The second-order valence-electron chi connectivity index (χ2n) is 3.74. The van der Waals surface area contributed by atoms with Gasteiger partial charge in [0.05, 0.1) is 19.1 Å². The largest absolute Gasteiger partial charge is 0.497 e. The minimum Gasteiger partial charge on any atom is -0.497 e. The Balaban J connectivity index is 2.74. The van der Waals surface area contributed by atoms with Gasteiger partial charge in [0.1, 0.15) is 5.75 Å². The van der Waals surface area contributed by atoms with Crippen LogP contribution in [0.25, 0.3) is 0 Å². The Hall–Kier alpha value is -1.55. The summed E-state index contributed by atoms with van der Waals surface area (Å²) in [4.78, 5) is 10.9. The molecule has 4 nitrogen and oxygen atoms in total. The summed E-state index contributed by atoms with van der Waals surface area (Å²) in [5.74, 6) is -1.02. The van der Waals surface area contributed by atoms with E-state index in [1.807, 2.05) is 0 Å². The standard InChI is InChI=1S/C12H16O4/c1-8(13)11(12(14)15)7-9-3-5-10(16-2)6-4-9/h3-6,8,11,13H,7H2,1-2H3,(H,14,15)/t8-,11-/m0/s1. The van der Waals surface area contributed by atoms with Gasteiger partial charge in [-0.15, -0.1) is 0 Å². The van der Waals surface area contributed by atoms with Gasteiger partial charge in [-0.2, -0.15) is 0 Å². The first kappa shape index (κ1) is 12.5. The summed E-state index contributed by atoms with van der Waals surface area (Å²) >= 11 is 0.